The van der Waals surface area contributed by atoms with Crippen molar-refractivity contribution in [3.8, 4) is 5.75 Å². The van der Waals surface area contributed by atoms with Crippen LogP contribution in [0.3, 0.4) is 0 Å². The van der Waals surface area contributed by atoms with Crippen LogP contribution in [0.25, 0.3) is 0 Å². The maximum Gasteiger partial charge on any atom is 0.121 e. The summed E-state index contributed by atoms with van der Waals surface area (Å²) in [5.74, 6) is 1.74. The Balaban J connectivity index is 2.86. The molecule has 0 aliphatic rings. The standard InChI is InChI=1S/C12H18N2O/c1-4-15-11-7-5-6-10(8-11)14-12(13)9(2)3/h5-9H,4H2,1-3H3,(H2,13,14). The van der Waals surface area contributed by atoms with Gasteiger partial charge in [-0.25, -0.2) is 4.99 Å². The zero-order valence-electron chi connectivity index (χ0n) is 9.53. The molecule has 0 aromatic heterocycles. The van der Waals surface area contributed by atoms with Crippen molar-refractivity contribution < 1.29 is 4.74 Å². The van der Waals surface area contributed by atoms with E-state index in [1.165, 1.54) is 0 Å². The Morgan fingerprint density at radius 3 is 2.80 bits per heavy atom. The number of nitrogens with two attached hydrogens (primary N) is 1. The van der Waals surface area contributed by atoms with Crippen LogP contribution in [0.1, 0.15) is 20.8 Å². The predicted octanol–water partition coefficient (Wildman–Crippen LogP) is 2.73. The molecule has 3 nitrogen and oxygen atoms in total. The summed E-state index contributed by atoms with van der Waals surface area (Å²) in [7, 11) is 0. The summed E-state index contributed by atoms with van der Waals surface area (Å²) in [5.41, 5.74) is 6.62. The third kappa shape index (κ3) is 3.62. The van der Waals surface area contributed by atoms with Crippen LogP contribution in [0.15, 0.2) is 29.3 Å². The van der Waals surface area contributed by atoms with Gasteiger partial charge in [0, 0.05) is 12.0 Å². The van der Waals surface area contributed by atoms with Crippen LogP contribution in [-0.2, 0) is 0 Å². The van der Waals surface area contributed by atoms with E-state index in [0.717, 1.165) is 11.4 Å². The van der Waals surface area contributed by atoms with Gasteiger partial charge in [-0.05, 0) is 19.1 Å². The molecule has 0 bridgehead atoms. The van der Waals surface area contributed by atoms with Gasteiger partial charge in [-0.3, -0.25) is 0 Å². The molecule has 0 aliphatic carbocycles. The van der Waals surface area contributed by atoms with Gasteiger partial charge in [-0.1, -0.05) is 19.9 Å². The minimum Gasteiger partial charge on any atom is -0.494 e. The summed E-state index contributed by atoms with van der Waals surface area (Å²) in [6, 6.07) is 7.63. The Bertz CT molecular complexity index is 345. The summed E-state index contributed by atoms with van der Waals surface area (Å²) in [4.78, 5) is 4.32. The monoisotopic (exact) mass is 206 g/mol. The molecule has 0 heterocycles. The lowest BCUT2D eigenvalue weighted by Crippen LogP contribution is -2.17. The van der Waals surface area contributed by atoms with E-state index in [2.05, 4.69) is 4.99 Å². The molecule has 15 heavy (non-hydrogen) atoms. The molecule has 0 spiro atoms. The molecular weight excluding hydrogens is 188 g/mol. The zero-order chi connectivity index (χ0) is 11.3. The third-order valence-electron chi connectivity index (χ3n) is 1.98. The topological polar surface area (TPSA) is 47.6 Å². The van der Waals surface area contributed by atoms with Crippen molar-refractivity contribution in [2.24, 2.45) is 16.6 Å². The van der Waals surface area contributed by atoms with E-state index < -0.39 is 0 Å². The van der Waals surface area contributed by atoms with E-state index in [1.807, 2.05) is 45.0 Å². The van der Waals surface area contributed by atoms with Gasteiger partial charge in [-0.15, -0.1) is 0 Å². The first kappa shape index (κ1) is 11.6. The van der Waals surface area contributed by atoms with E-state index in [0.29, 0.717) is 12.4 Å². The minimum atomic E-state index is 0.265. The fourth-order valence-corrected chi connectivity index (χ4v) is 1.09. The second-order valence-corrected chi connectivity index (χ2v) is 3.62. The first-order valence-electron chi connectivity index (χ1n) is 5.20. The van der Waals surface area contributed by atoms with Crippen molar-refractivity contribution in [3.63, 3.8) is 0 Å². The first-order valence-corrected chi connectivity index (χ1v) is 5.20. The molecule has 1 rings (SSSR count). The third-order valence-corrected chi connectivity index (χ3v) is 1.98. The van der Waals surface area contributed by atoms with E-state index in [1.54, 1.807) is 0 Å². The quantitative estimate of drug-likeness (QED) is 0.608. The molecule has 0 unspecified atom stereocenters. The highest BCUT2D eigenvalue weighted by Crippen LogP contribution is 2.20. The van der Waals surface area contributed by atoms with Gasteiger partial charge in [0.15, 0.2) is 0 Å². The normalized spacial score (nSPS) is 11.9. The van der Waals surface area contributed by atoms with Crippen LogP contribution in [-0.4, -0.2) is 12.4 Å². The first-order chi connectivity index (χ1) is 7.13. The van der Waals surface area contributed by atoms with Gasteiger partial charge in [0.1, 0.15) is 11.6 Å². The van der Waals surface area contributed by atoms with Crippen molar-refractivity contribution in [3.05, 3.63) is 24.3 Å². The highest BCUT2D eigenvalue weighted by molar-refractivity contribution is 5.84. The minimum absolute atomic E-state index is 0.265. The number of ether oxygens (including phenoxy) is 1. The van der Waals surface area contributed by atoms with E-state index in [-0.39, 0.29) is 5.92 Å². The van der Waals surface area contributed by atoms with Gasteiger partial charge in [-0.2, -0.15) is 0 Å². The molecule has 3 heteroatoms. The van der Waals surface area contributed by atoms with Gasteiger partial charge in [0.05, 0.1) is 12.3 Å². The van der Waals surface area contributed by atoms with Crippen molar-refractivity contribution in [2.45, 2.75) is 20.8 Å². The lowest BCUT2D eigenvalue weighted by molar-refractivity contribution is 0.340. The Kier molecular flexibility index (Phi) is 4.16. The molecule has 2 N–H and O–H groups in total. The number of hydrogen-bond acceptors (Lipinski definition) is 2. The molecule has 0 fully saturated rings. The van der Waals surface area contributed by atoms with Crippen LogP contribution in [0.4, 0.5) is 5.69 Å². The second-order valence-electron chi connectivity index (χ2n) is 3.62. The van der Waals surface area contributed by atoms with Crippen LogP contribution in [0, 0.1) is 5.92 Å². The summed E-state index contributed by atoms with van der Waals surface area (Å²) >= 11 is 0. The molecule has 1 aromatic rings. The Labute approximate surface area is 91.0 Å². The number of benzene rings is 1. The van der Waals surface area contributed by atoms with Crippen molar-refractivity contribution in [1.29, 1.82) is 0 Å². The highest BCUT2D eigenvalue weighted by atomic mass is 16.5. The Morgan fingerprint density at radius 2 is 2.20 bits per heavy atom. The average molecular weight is 206 g/mol. The Morgan fingerprint density at radius 1 is 1.47 bits per heavy atom. The number of aliphatic imine (C=N–C) groups is 1. The van der Waals surface area contributed by atoms with E-state index in [9.17, 15) is 0 Å². The molecular formula is C12H18N2O. The van der Waals surface area contributed by atoms with Crippen LogP contribution in [0.2, 0.25) is 0 Å². The predicted molar refractivity (Wildman–Crippen MR) is 63.7 cm³/mol. The van der Waals surface area contributed by atoms with Crippen LogP contribution >= 0.6 is 0 Å². The van der Waals surface area contributed by atoms with Crippen molar-refractivity contribution >= 4 is 11.5 Å². The van der Waals surface area contributed by atoms with E-state index >= 15 is 0 Å². The molecule has 0 amide bonds. The largest absolute Gasteiger partial charge is 0.494 e. The molecule has 0 saturated heterocycles. The van der Waals surface area contributed by atoms with Crippen molar-refractivity contribution in [1.82, 2.24) is 0 Å². The summed E-state index contributed by atoms with van der Waals surface area (Å²) in [6.45, 7) is 6.65. The number of hydrogen-bond donors (Lipinski definition) is 1. The number of rotatable bonds is 4. The zero-order valence-corrected chi connectivity index (χ0v) is 9.53. The van der Waals surface area contributed by atoms with Gasteiger partial charge < -0.3 is 10.5 Å². The SMILES string of the molecule is CCOc1cccc(N=C(N)C(C)C)c1. The van der Waals surface area contributed by atoms with Crippen LogP contribution in [0.5, 0.6) is 5.75 Å². The lowest BCUT2D eigenvalue weighted by atomic mass is 10.2. The maximum absolute atomic E-state index is 5.78. The van der Waals surface area contributed by atoms with Gasteiger partial charge in [0.2, 0.25) is 0 Å². The number of amidine groups is 1. The summed E-state index contributed by atoms with van der Waals surface area (Å²) < 4.78 is 5.38. The average Bonchev–Trinajstić information content (AvgIpc) is 2.18. The highest BCUT2D eigenvalue weighted by Gasteiger charge is 2.00. The fraction of sp³-hybridized carbons (Fsp3) is 0.417. The molecule has 0 saturated carbocycles. The Hall–Kier alpha value is -1.51. The van der Waals surface area contributed by atoms with E-state index in [4.69, 9.17) is 10.5 Å². The molecule has 0 radical (unpaired) electrons. The summed E-state index contributed by atoms with van der Waals surface area (Å²) in [5, 5.41) is 0. The van der Waals surface area contributed by atoms with Crippen LogP contribution < -0.4 is 10.5 Å². The molecule has 1 aromatic carbocycles. The maximum atomic E-state index is 5.78. The molecule has 0 atom stereocenters. The number of nitrogens with zero attached hydrogens (tertiary/aromatic N) is 1. The fourth-order valence-electron chi connectivity index (χ4n) is 1.09. The van der Waals surface area contributed by atoms with Gasteiger partial charge in [0.25, 0.3) is 0 Å². The molecule has 0 aliphatic heterocycles. The lowest BCUT2D eigenvalue weighted by Gasteiger charge is -2.05. The van der Waals surface area contributed by atoms with Gasteiger partial charge >= 0.3 is 0 Å². The van der Waals surface area contributed by atoms with Crippen molar-refractivity contribution in [2.75, 3.05) is 6.61 Å². The second kappa shape index (κ2) is 5.39. The molecule has 82 valence electrons. The summed E-state index contributed by atoms with van der Waals surface area (Å²) in [6.07, 6.45) is 0. The smallest absolute Gasteiger partial charge is 0.121 e.